The Labute approximate surface area is 122 Å². The van der Waals surface area contributed by atoms with Gasteiger partial charge in [0, 0.05) is 4.88 Å². The lowest BCUT2D eigenvalue weighted by molar-refractivity contribution is 0.382. The van der Waals surface area contributed by atoms with E-state index in [0.29, 0.717) is 12.0 Å². The normalized spacial score (nSPS) is 12.4. The minimum Gasteiger partial charge on any atom is -0.494 e. The Morgan fingerprint density at radius 3 is 2.80 bits per heavy atom. The molecule has 0 bridgehead atoms. The summed E-state index contributed by atoms with van der Waals surface area (Å²) in [5.74, 6) is 5.61. The number of benzene rings is 1. The molecule has 1 aromatic heterocycles. The van der Waals surface area contributed by atoms with E-state index in [1.165, 1.54) is 12.7 Å². The lowest BCUT2D eigenvalue weighted by atomic mass is 10.0. The van der Waals surface area contributed by atoms with Gasteiger partial charge in [0.25, 0.3) is 0 Å². The third-order valence-corrected chi connectivity index (χ3v) is 4.44. The Morgan fingerprint density at radius 1 is 1.35 bits per heavy atom. The summed E-state index contributed by atoms with van der Waals surface area (Å²) in [4.78, 5) is 1.16. The van der Waals surface area contributed by atoms with Crippen LogP contribution < -0.4 is 16.0 Å². The van der Waals surface area contributed by atoms with E-state index in [9.17, 15) is 4.39 Å². The predicted octanol–water partition coefficient (Wildman–Crippen LogP) is 3.21. The van der Waals surface area contributed by atoms with Crippen molar-refractivity contribution in [2.45, 2.75) is 25.8 Å². The molecule has 0 amide bonds. The molecule has 0 spiro atoms. The largest absolute Gasteiger partial charge is 0.494 e. The molecule has 5 heteroatoms. The molecule has 0 saturated carbocycles. The van der Waals surface area contributed by atoms with Gasteiger partial charge in [-0.25, -0.2) is 4.39 Å². The molecule has 108 valence electrons. The van der Waals surface area contributed by atoms with Gasteiger partial charge < -0.3 is 4.74 Å². The summed E-state index contributed by atoms with van der Waals surface area (Å²) in [6.45, 7) is 2.10. The standard InChI is InChI=1S/C15H19FN2OS/c1-3-10-7-8-20-15(10)12(18-17)9-11-5-4-6-13(19-2)14(11)16/h4-8,12,18H,3,9,17H2,1-2H3. The molecule has 0 aliphatic heterocycles. The minimum absolute atomic E-state index is 0.0912. The summed E-state index contributed by atoms with van der Waals surface area (Å²) >= 11 is 1.65. The molecule has 0 aliphatic rings. The van der Waals surface area contributed by atoms with E-state index in [0.717, 1.165) is 11.3 Å². The van der Waals surface area contributed by atoms with Gasteiger partial charge in [-0.1, -0.05) is 19.1 Å². The van der Waals surface area contributed by atoms with Crippen molar-refractivity contribution in [3.8, 4) is 5.75 Å². The van der Waals surface area contributed by atoms with Gasteiger partial charge in [0.05, 0.1) is 13.2 Å². The summed E-state index contributed by atoms with van der Waals surface area (Å²) in [6.07, 6.45) is 1.44. The van der Waals surface area contributed by atoms with Crippen LogP contribution in [0.5, 0.6) is 5.75 Å². The number of hydrogen-bond donors (Lipinski definition) is 2. The van der Waals surface area contributed by atoms with Crippen molar-refractivity contribution in [3.63, 3.8) is 0 Å². The summed E-state index contributed by atoms with van der Waals surface area (Å²) in [5.41, 5.74) is 4.65. The van der Waals surface area contributed by atoms with E-state index in [4.69, 9.17) is 10.6 Å². The van der Waals surface area contributed by atoms with Crippen molar-refractivity contribution >= 4 is 11.3 Å². The lowest BCUT2D eigenvalue weighted by Crippen LogP contribution is -2.29. The van der Waals surface area contributed by atoms with Crippen molar-refractivity contribution in [1.29, 1.82) is 0 Å². The van der Waals surface area contributed by atoms with E-state index in [1.54, 1.807) is 29.5 Å². The summed E-state index contributed by atoms with van der Waals surface area (Å²) in [7, 11) is 1.47. The Morgan fingerprint density at radius 2 is 2.15 bits per heavy atom. The second-order valence-corrected chi connectivity index (χ2v) is 5.47. The number of methoxy groups -OCH3 is 1. The van der Waals surface area contributed by atoms with Crippen LogP contribution >= 0.6 is 11.3 Å². The van der Waals surface area contributed by atoms with Gasteiger partial charge in [-0.2, -0.15) is 0 Å². The van der Waals surface area contributed by atoms with Crippen molar-refractivity contribution in [3.05, 3.63) is 51.5 Å². The maximum atomic E-state index is 14.2. The van der Waals surface area contributed by atoms with Crippen molar-refractivity contribution in [2.24, 2.45) is 5.84 Å². The number of thiophene rings is 1. The van der Waals surface area contributed by atoms with Gasteiger partial charge >= 0.3 is 0 Å². The molecule has 2 rings (SSSR count). The average Bonchev–Trinajstić information content (AvgIpc) is 2.94. The second-order valence-electron chi connectivity index (χ2n) is 4.52. The first-order valence-electron chi connectivity index (χ1n) is 6.55. The number of nitrogens with two attached hydrogens (primary N) is 1. The highest BCUT2D eigenvalue weighted by molar-refractivity contribution is 7.10. The van der Waals surface area contributed by atoms with Crippen LogP contribution in [0.4, 0.5) is 4.39 Å². The zero-order valence-corrected chi connectivity index (χ0v) is 12.5. The minimum atomic E-state index is -0.315. The Kier molecular flexibility index (Phi) is 5.11. The molecular formula is C15H19FN2OS. The molecule has 0 radical (unpaired) electrons. The van der Waals surface area contributed by atoms with Crippen molar-refractivity contribution in [1.82, 2.24) is 5.43 Å². The van der Waals surface area contributed by atoms with Crippen LogP contribution in [-0.2, 0) is 12.8 Å². The third kappa shape index (κ3) is 3.00. The van der Waals surface area contributed by atoms with Gasteiger partial charge in [0.2, 0.25) is 0 Å². The van der Waals surface area contributed by atoms with Gasteiger partial charge in [-0.3, -0.25) is 11.3 Å². The van der Waals surface area contributed by atoms with Crippen molar-refractivity contribution in [2.75, 3.05) is 7.11 Å². The summed E-state index contributed by atoms with van der Waals surface area (Å²) in [5, 5.41) is 2.04. The first kappa shape index (κ1) is 15.0. The molecule has 3 nitrogen and oxygen atoms in total. The van der Waals surface area contributed by atoms with E-state index >= 15 is 0 Å². The van der Waals surface area contributed by atoms with Crippen LogP contribution in [0.3, 0.4) is 0 Å². The fourth-order valence-corrected chi connectivity index (χ4v) is 3.32. The maximum Gasteiger partial charge on any atom is 0.168 e. The molecule has 1 aromatic carbocycles. The average molecular weight is 294 g/mol. The SMILES string of the molecule is CCc1ccsc1C(Cc1cccc(OC)c1F)NN. The fourth-order valence-electron chi connectivity index (χ4n) is 2.26. The quantitative estimate of drug-likeness (QED) is 0.635. The molecular weight excluding hydrogens is 275 g/mol. The molecule has 0 aliphatic carbocycles. The van der Waals surface area contributed by atoms with E-state index in [1.807, 2.05) is 5.38 Å². The molecule has 3 N–H and O–H groups in total. The fraction of sp³-hybridized carbons (Fsp3) is 0.333. The van der Waals surface area contributed by atoms with Crippen LogP contribution in [0.1, 0.15) is 29.0 Å². The molecule has 0 saturated heterocycles. The zero-order chi connectivity index (χ0) is 14.5. The van der Waals surface area contributed by atoms with Crippen LogP contribution in [0.15, 0.2) is 29.6 Å². The monoisotopic (exact) mass is 294 g/mol. The first-order valence-corrected chi connectivity index (χ1v) is 7.43. The summed E-state index contributed by atoms with van der Waals surface area (Å²) in [6, 6.07) is 7.17. The first-order chi connectivity index (χ1) is 9.71. The number of hydrazine groups is 1. The number of aryl methyl sites for hydroxylation is 1. The summed E-state index contributed by atoms with van der Waals surface area (Å²) < 4.78 is 19.2. The number of hydrogen-bond acceptors (Lipinski definition) is 4. The molecule has 2 aromatic rings. The smallest absolute Gasteiger partial charge is 0.168 e. The van der Waals surface area contributed by atoms with Crippen LogP contribution in [0.25, 0.3) is 0 Å². The Hall–Kier alpha value is -1.43. The van der Waals surface area contributed by atoms with Crippen molar-refractivity contribution < 1.29 is 9.13 Å². The van der Waals surface area contributed by atoms with Gasteiger partial charge in [0.1, 0.15) is 0 Å². The molecule has 20 heavy (non-hydrogen) atoms. The van der Waals surface area contributed by atoms with Crippen LogP contribution in [0, 0.1) is 5.82 Å². The topological polar surface area (TPSA) is 47.3 Å². The third-order valence-electron chi connectivity index (χ3n) is 3.37. The highest BCUT2D eigenvalue weighted by atomic mass is 32.1. The van der Waals surface area contributed by atoms with E-state index < -0.39 is 0 Å². The van der Waals surface area contributed by atoms with Gasteiger partial charge in [-0.15, -0.1) is 11.3 Å². The molecule has 1 atom stereocenters. The van der Waals surface area contributed by atoms with E-state index in [-0.39, 0.29) is 17.6 Å². The number of halogens is 1. The number of rotatable bonds is 6. The number of nitrogens with one attached hydrogen (secondary N) is 1. The Balaban J connectivity index is 2.27. The lowest BCUT2D eigenvalue weighted by Gasteiger charge is -2.17. The Bertz CT molecular complexity index is 571. The van der Waals surface area contributed by atoms with Crippen LogP contribution in [0.2, 0.25) is 0 Å². The predicted molar refractivity (Wildman–Crippen MR) is 80.4 cm³/mol. The van der Waals surface area contributed by atoms with Gasteiger partial charge in [0.15, 0.2) is 11.6 Å². The molecule has 1 unspecified atom stereocenters. The van der Waals surface area contributed by atoms with E-state index in [2.05, 4.69) is 18.4 Å². The number of ether oxygens (including phenoxy) is 1. The highest BCUT2D eigenvalue weighted by Gasteiger charge is 2.18. The zero-order valence-electron chi connectivity index (χ0n) is 11.7. The maximum absolute atomic E-state index is 14.2. The van der Waals surface area contributed by atoms with Gasteiger partial charge in [-0.05, 0) is 41.5 Å². The second kappa shape index (κ2) is 6.83. The molecule has 1 heterocycles. The van der Waals surface area contributed by atoms with Crippen LogP contribution in [-0.4, -0.2) is 7.11 Å². The highest BCUT2D eigenvalue weighted by Crippen LogP contribution is 2.29. The molecule has 0 fully saturated rings.